The zero-order valence-corrected chi connectivity index (χ0v) is 12.7. The monoisotopic (exact) mass is 325 g/mol. The van der Waals surface area contributed by atoms with Crippen molar-refractivity contribution in [3.63, 3.8) is 0 Å². The van der Waals surface area contributed by atoms with Crippen LogP contribution in [0.15, 0.2) is 22.7 Å². The number of anilines is 1. The molecule has 1 unspecified atom stereocenters. The second kappa shape index (κ2) is 5.92. The Morgan fingerprint density at radius 2 is 2.11 bits per heavy atom. The van der Waals surface area contributed by atoms with Gasteiger partial charge in [-0.2, -0.15) is 0 Å². The van der Waals surface area contributed by atoms with E-state index < -0.39 is 0 Å². The van der Waals surface area contributed by atoms with E-state index in [0.29, 0.717) is 5.92 Å². The Hall–Kier alpha value is -1.07. The van der Waals surface area contributed by atoms with Crippen LogP contribution in [-0.4, -0.2) is 30.1 Å². The summed E-state index contributed by atoms with van der Waals surface area (Å²) in [6, 6.07) is 5.77. The van der Waals surface area contributed by atoms with Gasteiger partial charge in [-0.05, 0) is 59.8 Å². The average molecular weight is 326 g/mol. The molecule has 2 rings (SSSR count). The lowest BCUT2D eigenvalue weighted by Crippen LogP contribution is -2.37. The Morgan fingerprint density at radius 1 is 1.47 bits per heavy atom. The van der Waals surface area contributed by atoms with Gasteiger partial charge in [0.1, 0.15) is 5.84 Å². The summed E-state index contributed by atoms with van der Waals surface area (Å²) in [5, 5.41) is 17.1. The van der Waals surface area contributed by atoms with Gasteiger partial charge in [-0.1, -0.05) is 0 Å². The molecular weight excluding hydrogens is 306 g/mol. The zero-order valence-electron chi connectivity index (χ0n) is 11.1. The van der Waals surface area contributed by atoms with Crippen molar-refractivity contribution >= 4 is 27.5 Å². The van der Waals surface area contributed by atoms with Gasteiger partial charge in [0.15, 0.2) is 0 Å². The Kier molecular flexibility index (Phi) is 4.47. The van der Waals surface area contributed by atoms with Crippen molar-refractivity contribution in [3.8, 4) is 0 Å². The first-order valence-corrected chi connectivity index (χ1v) is 7.35. The molecule has 0 aliphatic carbocycles. The second-order valence-electron chi connectivity index (χ2n) is 5.14. The van der Waals surface area contributed by atoms with Crippen molar-refractivity contribution in [2.75, 3.05) is 18.0 Å². The van der Waals surface area contributed by atoms with Crippen LogP contribution >= 0.6 is 15.9 Å². The highest BCUT2D eigenvalue weighted by atomic mass is 79.9. The standard InChI is InChI=1S/C14H20BrN3O/c1-9(19)10-4-6-18(7-5-10)13-3-2-11(14(16)17)8-12(13)15/h2-3,8-10,19H,4-7H2,1H3,(H3,16,17). The SMILES string of the molecule is CC(O)C1CCN(c2ccc(C(=N)N)cc2Br)CC1. The fourth-order valence-corrected chi connectivity index (χ4v) is 3.18. The van der Waals surface area contributed by atoms with E-state index in [1.807, 2.05) is 25.1 Å². The molecular formula is C14H20BrN3O. The fraction of sp³-hybridized carbons (Fsp3) is 0.500. The van der Waals surface area contributed by atoms with Crippen molar-refractivity contribution in [1.82, 2.24) is 0 Å². The third-order valence-electron chi connectivity index (χ3n) is 3.82. The summed E-state index contributed by atoms with van der Waals surface area (Å²) in [5.74, 6) is 0.492. The third kappa shape index (κ3) is 3.28. The maximum Gasteiger partial charge on any atom is 0.122 e. The first-order valence-electron chi connectivity index (χ1n) is 6.56. The van der Waals surface area contributed by atoms with Crippen molar-refractivity contribution in [2.24, 2.45) is 11.7 Å². The van der Waals surface area contributed by atoms with Crippen LogP contribution in [0, 0.1) is 11.3 Å². The molecule has 1 heterocycles. The quantitative estimate of drug-likeness (QED) is 0.590. The molecule has 1 atom stereocenters. The molecule has 0 radical (unpaired) electrons. The van der Waals surface area contributed by atoms with Crippen LogP contribution in [0.5, 0.6) is 0 Å². The number of hydrogen-bond donors (Lipinski definition) is 3. The van der Waals surface area contributed by atoms with Crippen molar-refractivity contribution in [1.29, 1.82) is 5.41 Å². The molecule has 5 heteroatoms. The van der Waals surface area contributed by atoms with Crippen LogP contribution in [0.4, 0.5) is 5.69 Å². The zero-order chi connectivity index (χ0) is 14.0. The van der Waals surface area contributed by atoms with E-state index in [4.69, 9.17) is 11.1 Å². The van der Waals surface area contributed by atoms with Gasteiger partial charge in [0.05, 0.1) is 11.8 Å². The Morgan fingerprint density at radius 3 is 2.58 bits per heavy atom. The van der Waals surface area contributed by atoms with Gasteiger partial charge in [0.25, 0.3) is 0 Å². The number of halogens is 1. The molecule has 1 aromatic carbocycles. The number of aliphatic hydroxyl groups excluding tert-OH is 1. The normalized spacial score (nSPS) is 18.4. The average Bonchev–Trinajstić information content (AvgIpc) is 2.38. The van der Waals surface area contributed by atoms with Crippen LogP contribution in [0.2, 0.25) is 0 Å². The van der Waals surface area contributed by atoms with E-state index in [-0.39, 0.29) is 11.9 Å². The summed E-state index contributed by atoms with van der Waals surface area (Å²) < 4.78 is 0.968. The van der Waals surface area contributed by atoms with Gasteiger partial charge in [-0.15, -0.1) is 0 Å². The molecule has 19 heavy (non-hydrogen) atoms. The topological polar surface area (TPSA) is 73.3 Å². The lowest BCUT2D eigenvalue weighted by atomic mass is 9.92. The second-order valence-corrected chi connectivity index (χ2v) is 6.00. The number of aliphatic hydroxyl groups is 1. The summed E-state index contributed by atoms with van der Waals surface area (Å²) >= 11 is 3.55. The summed E-state index contributed by atoms with van der Waals surface area (Å²) in [4.78, 5) is 2.31. The minimum atomic E-state index is -0.217. The van der Waals surface area contributed by atoms with Crippen LogP contribution in [-0.2, 0) is 0 Å². The number of rotatable bonds is 3. The lowest BCUT2D eigenvalue weighted by Gasteiger charge is -2.35. The largest absolute Gasteiger partial charge is 0.393 e. The molecule has 0 bridgehead atoms. The first-order chi connectivity index (χ1) is 8.99. The molecule has 0 spiro atoms. The van der Waals surface area contributed by atoms with Gasteiger partial charge in [-0.25, -0.2) is 0 Å². The van der Waals surface area contributed by atoms with E-state index in [1.165, 1.54) is 0 Å². The van der Waals surface area contributed by atoms with Gasteiger partial charge in [0.2, 0.25) is 0 Å². The Labute approximate surface area is 122 Å². The van der Waals surface area contributed by atoms with E-state index in [2.05, 4.69) is 20.8 Å². The predicted octanol–water partition coefficient (Wildman–Crippen LogP) is 2.33. The number of hydrogen-bond acceptors (Lipinski definition) is 3. The van der Waals surface area contributed by atoms with Crippen LogP contribution in [0.25, 0.3) is 0 Å². The van der Waals surface area contributed by atoms with E-state index in [9.17, 15) is 5.11 Å². The molecule has 1 aliphatic heterocycles. The highest BCUT2D eigenvalue weighted by molar-refractivity contribution is 9.10. The summed E-state index contributed by atoms with van der Waals surface area (Å²) in [6.45, 7) is 3.78. The van der Waals surface area contributed by atoms with Gasteiger partial charge < -0.3 is 15.7 Å². The highest BCUT2D eigenvalue weighted by Crippen LogP contribution is 2.31. The molecule has 1 saturated heterocycles. The van der Waals surface area contributed by atoms with E-state index in [1.54, 1.807) is 0 Å². The van der Waals surface area contributed by atoms with Gasteiger partial charge in [-0.3, -0.25) is 5.41 Å². The number of nitrogens with two attached hydrogens (primary N) is 1. The number of nitrogens with one attached hydrogen (secondary N) is 1. The molecule has 4 N–H and O–H groups in total. The van der Waals surface area contributed by atoms with E-state index in [0.717, 1.165) is 41.7 Å². The minimum absolute atomic E-state index is 0.0834. The van der Waals surface area contributed by atoms with E-state index >= 15 is 0 Å². The lowest BCUT2D eigenvalue weighted by molar-refractivity contribution is 0.110. The van der Waals surface area contributed by atoms with Crippen molar-refractivity contribution in [3.05, 3.63) is 28.2 Å². The molecule has 4 nitrogen and oxygen atoms in total. The van der Waals surface area contributed by atoms with Crippen molar-refractivity contribution in [2.45, 2.75) is 25.9 Å². The summed E-state index contributed by atoms with van der Waals surface area (Å²) in [5.41, 5.74) is 7.35. The summed E-state index contributed by atoms with van der Waals surface area (Å²) in [6.07, 6.45) is 1.81. The molecule has 0 saturated carbocycles. The number of piperidine rings is 1. The maximum atomic E-state index is 9.62. The number of benzene rings is 1. The Balaban J connectivity index is 2.09. The number of amidine groups is 1. The fourth-order valence-electron chi connectivity index (χ4n) is 2.55. The van der Waals surface area contributed by atoms with Crippen LogP contribution < -0.4 is 10.6 Å². The third-order valence-corrected chi connectivity index (χ3v) is 4.46. The maximum absolute atomic E-state index is 9.62. The minimum Gasteiger partial charge on any atom is -0.393 e. The molecule has 0 amide bonds. The smallest absolute Gasteiger partial charge is 0.122 e. The first kappa shape index (κ1) is 14.3. The van der Waals surface area contributed by atoms with Crippen LogP contribution in [0.3, 0.4) is 0 Å². The molecule has 0 aromatic heterocycles. The van der Waals surface area contributed by atoms with Crippen molar-refractivity contribution < 1.29 is 5.11 Å². The molecule has 1 aromatic rings. The number of nitrogen functional groups attached to an aromatic ring is 1. The summed E-state index contributed by atoms with van der Waals surface area (Å²) in [7, 11) is 0. The van der Waals surface area contributed by atoms with Gasteiger partial charge in [0, 0.05) is 23.1 Å². The highest BCUT2D eigenvalue weighted by Gasteiger charge is 2.23. The Bertz CT molecular complexity index is 468. The van der Waals surface area contributed by atoms with Crippen LogP contribution in [0.1, 0.15) is 25.3 Å². The molecule has 1 fully saturated rings. The molecule has 1 aliphatic rings. The number of nitrogens with zero attached hydrogens (tertiary/aromatic N) is 1. The predicted molar refractivity (Wildman–Crippen MR) is 81.8 cm³/mol. The van der Waals surface area contributed by atoms with Gasteiger partial charge >= 0.3 is 0 Å². The molecule has 104 valence electrons.